The molecule has 0 amide bonds. The zero-order valence-corrected chi connectivity index (χ0v) is 9.90. The first-order valence-corrected chi connectivity index (χ1v) is 5.68. The standard InChI is InChI=1S/C12H16ClNO/c1-8-5-6-9(13)12(15-2)11(8)10-4-3-7-14-10/h5-6,10,14H,3-4,7H2,1-2H3. The fraction of sp³-hybridized carbons (Fsp3) is 0.500. The molecule has 0 aromatic heterocycles. The van der Waals surface area contributed by atoms with Crippen LogP contribution in [0.25, 0.3) is 0 Å². The third-order valence-electron chi connectivity index (χ3n) is 2.98. The van der Waals surface area contributed by atoms with Gasteiger partial charge in [-0.2, -0.15) is 0 Å². The molecule has 1 heterocycles. The topological polar surface area (TPSA) is 21.3 Å². The summed E-state index contributed by atoms with van der Waals surface area (Å²) in [6, 6.07) is 4.35. The van der Waals surface area contributed by atoms with Crippen LogP contribution >= 0.6 is 11.6 Å². The van der Waals surface area contributed by atoms with Crippen LogP contribution in [0.1, 0.15) is 30.0 Å². The van der Waals surface area contributed by atoms with Gasteiger partial charge in [0.2, 0.25) is 0 Å². The number of methoxy groups -OCH3 is 1. The van der Waals surface area contributed by atoms with E-state index in [9.17, 15) is 0 Å². The molecule has 1 aromatic carbocycles. The second-order valence-corrected chi connectivity index (χ2v) is 4.37. The van der Waals surface area contributed by atoms with Crippen LogP contribution in [0.5, 0.6) is 5.75 Å². The van der Waals surface area contributed by atoms with Crippen molar-refractivity contribution in [2.45, 2.75) is 25.8 Å². The summed E-state index contributed by atoms with van der Waals surface area (Å²) in [5.41, 5.74) is 2.47. The SMILES string of the molecule is COc1c(Cl)ccc(C)c1C1CCCN1. The first kappa shape index (κ1) is 10.8. The van der Waals surface area contributed by atoms with Crippen LogP contribution in [0.2, 0.25) is 5.02 Å². The molecule has 0 saturated carbocycles. The maximum absolute atomic E-state index is 6.13. The van der Waals surface area contributed by atoms with Gasteiger partial charge in [0.1, 0.15) is 5.75 Å². The smallest absolute Gasteiger partial charge is 0.142 e. The van der Waals surface area contributed by atoms with E-state index in [4.69, 9.17) is 16.3 Å². The largest absolute Gasteiger partial charge is 0.495 e. The zero-order chi connectivity index (χ0) is 10.8. The van der Waals surface area contributed by atoms with Gasteiger partial charge in [0.15, 0.2) is 0 Å². The Labute approximate surface area is 95.6 Å². The molecular formula is C12H16ClNO. The number of hydrogen-bond acceptors (Lipinski definition) is 2. The molecule has 1 aliphatic rings. The molecule has 0 spiro atoms. The highest BCUT2D eigenvalue weighted by molar-refractivity contribution is 6.32. The maximum Gasteiger partial charge on any atom is 0.142 e. The molecule has 3 heteroatoms. The number of ether oxygens (including phenoxy) is 1. The van der Waals surface area contributed by atoms with Crippen LogP contribution in [-0.4, -0.2) is 13.7 Å². The highest BCUT2D eigenvalue weighted by atomic mass is 35.5. The van der Waals surface area contributed by atoms with E-state index in [2.05, 4.69) is 18.3 Å². The molecule has 1 aliphatic heterocycles. The maximum atomic E-state index is 6.13. The predicted molar refractivity (Wildman–Crippen MR) is 62.7 cm³/mol. The summed E-state index contributed by atoms with van der Waals surface area (Å²) in [6.45, 7) is 3.19. The molecule has 2 nitrogen and oxygen atoms in total. The van der Waals surface area contributed by atoms with Crippen molar-refractivity contribution >= 4 is 11.6 Å². The van der Waals surface area contributed by atoms with Crippen molar-refractivity contribution < 1.29 is 4.74 Å². The lowest BCUT2D eigenvalue weighted by Crippen LogP contribution is -2.15. The van der Waals surface area contributed by atoms with E-state index in [1.54, 1.807) is 7.11 Å². The molecule has 0 bridgehead atoms. The summed E-state index contributed by atoms with van der Waals surface area (Å²) < 4.78 is 5.40. The van der Waals surface area contributed by atoms with Gasteiger partial charge in [0, 0.05) is 11.6 Å². The number of rotatable bonds is 2. The van der Waals surface area contributed by atoms with E-state index in [-0.39, 0.29) is 0 Å². The van der Waals surface area contributed by atoms with Gasteiger partial charge in [-0.3, -0.25) is 0 Å². The van der Waals surface area contributed by atoms with Crippen LogP contribution in [0.4, 0.5) is 0 Å². The lowest BCUT2D eigenvalue weighted by atomic mass is 9.99. The Morgan fingerprint density at radius 1 is 1.47 bits per heavy atom. The van der Waals surface area contributed by atoms with Gasteiger partial charge in [0.05, 0.1) is 12.1 Å². The van der Waals surface area contributed by atoms with E-state index in [0.29, 0.717) is 11.1 Å². The molecule has 2 rings (SSSR count). The first-order chi connectivity index (χ1) is 7.24. The summed E-state index contributed by atoms with van der Waals surface area (Å²) in [5.74, 6) is 0.830. The molecule has 1 saturated heterocycles. The Balaban J connectivity index is 2.46. The van der Waals surface area contributed by atoms with E-state index < -0.39 is 0 Å². The van der Waals surface area contributed by atoms with Crippen molar-refractivity contribution in [1.29, 1.82) is 0 Å². The fourth-order valence-corrected chi connectivity index (χ4v) is 2.48. The fourth-order valence-electron chi connectivity index (χ4n) is 2.24. The summed E-state index contributed by atoms with van der Waals surface area (Å²) >= 11 is 6.13. The highest BCUT2D eigenvalue weighted by Gasteiger charge is 2.23. The Morgan fingerprint density at radius 3 is 2.87 bits per heavy atom. The molecule has 1 fully saturated rings. The van der Waals surface area contributed by atoms with Crippen LogP contribution in [0.3, 0.4) is 0 Å². The monoisotopic (exact) mass is 225 g/mol. The summed E-state index contributed by atoms with van der Waals surface area (Å²) in [6.07, 6.45) is 2.39. The zero-order valence-electron chi connectivity index (χ0n) is 9.14. The van der Waals surface area contributed by atoms with Gasteiger partial charge >= 0.3 is 0 Å². The van der Waals surface area contributed by atoms with E-state index >= 15 is 0 Å². The number of aryl methyl sites for hydroxylation is 1. The second-order valence-electron chi connectivity index (χ2n) is 3.96. The summed E-state index contributed by atoms with van der Waals surface area (Å²) in [5, 5.41) is 4.18. The van der Waals surface area contributed by atoms with Gasteiger partial charge in [-0.25, -0.2) is 0 Å². The van der Waals surface area contributed by atoms with Crippen LogP contribution in [0.15, 0.2) is 12.1 Å². The second kappa shape index (κ2) is 4.42. The molecule has 0 aliphatic carbocycles. The Hall–Kier alpha value is -0.730. The highest BCUT2D eigenvalue weighted by Crippen LogP contribution is 2.38. The molecule has 1 atom stereocenters. The molecule has 1 unspecified atom stereocenters. The van der Waals surface area contributed by atoms with Gasteiger partial charge < -0.3 is 10.1 Å². The molecule has 15 heavy (non-hydrogen) atoms. The lowest BCUT2D eigenvalue weighted by Gasteiger charge is -2.18. The van der Waals surface area contributed by atoms with Gasteiger partial charge in [-0.15, -0.1) is 0 Å². The number of benzene rings is 1. The van der Waals surface area contributed by atoms with E-state index in [1.165, 1.54) is 17.5 Å². The van der Waals surface area contributed by atoms with E-state index in [1.807, 2.05) is 6.07 Å². The number of nitrogens with one attached hydrogen (secondary N) is 1. The molecule has 1 aromatic rings. The molecular weight excluding hydrogens is 210 g/mol. The molecule has 0 radical (unpaired) electrons. The van der Waals surface area contributed by atoms with Crippen molar-refractivity contribution in [3.63, 3.8) is 0 Å². The van der Waals surface area contributed by atoms with Crippen LogP contribution < -0.4 is 10.1 Å². The van der Waals surface area contributed by atoms with Crippen LogP contribution in [-0.2, 0) is 0 Å². The normalized spacial score (nSPS) is 20.6. The quantitative estimate of drug-likeness (QED) is 0.835. The molecule has 1 N–H and O–H groups in total. The van der Waals surface area contributed by atoms with Gasteiger partial charge in [-0.1, -0.05) is 17.7 Å². The summed E-state index contributed by atoms with van der Waals surface area (Å²) in [4.78, 5) is 0. The minimum absolute atomic E-state index is 0.402. The number of halogens is 1. The van der Waals surface area contributed by atoms with Crippen molar-refractivity contribution in [2.75, 3.05) is 13.7 Å². The Kier molecular flexibility index (Phi) is 3.17. The first-order valence-electron chi connectivity index (χ1n) is 5.30. The van der Waals surface area contributed by atoms with Gasteiger partial charge in [-0.05, 0) is 37.9 Å². The van der Waals surface area contributed by atoms with Crippen molar-refractivity contribution in [2.24, 2.45) is 0 Å². The van der Waals surface area contributed by atoms with Gasteiger partial charge in [0.25, 0.3) is 0 Å². The van der Waals surface area contributed by atoms with Crippen molar-refractivity contribution in [3.05, 3.63) is 28.3 Å². The minimum Gasteiger partial charge on any atom is -0.495 e. The third-order valence-corrected chi connectivity index (χ3v) is 3.28. The van der Waals surface area contributed by atoms with Crippen LogP contribution in [0, 0.1) is 6.92 Å². The average molecular weight is 226 g/mol. The summed E-state index contributed by atoms with van der Waals surface area (Å²) in [7, 11) is 1.68. The Morgan fingerprint density at radius 2 is 2.27 bits per heavy atom. The Bertz CT molecular complexity index is 359. The van der Waals surface area contributed by atoms with E-state index in [0.717, 1.165) is 18.7 Å². The predicted octanol–water partition coefficient (Wildman–Crippen LogP) is 3.08. The average Bonchev–Trinajstić information content (AvgIpc) is 2.74. The van der Waals surface area contributed by atoms with Crippen molar-refractivity contribution in [3.8, 4) is 5.75 Å². The number of hydrogen-bond donors (Lipinski definition) is 1. The van der Waals surface area contributed by atoms with Crippen molar-refractivity contribution in [1.82, 2.24) is 5.32 Å². The third kappa shape index (κ3) is 1.97. The molecule has 82 valence electrons. The minimum atomic E-state index is 0.402. The lowest BCUT2D eigenvalue weighted by molar-refractivity contribution is 0.403.